The van der Waals surface area contributed by atoms with Crippen LogP contribution in [0.2, 0.25) is 0 Å². The molecule has 4 rings (SSSR count). The van der Waals surface area contributed by atoms with Gasteiger partial charge in [0.05, 0.1) is 19.3 Å². The standard InChI is InChI=1S/C18H22N6O/c1-23(2)18-15-6-4-3-5-14(15)13(9-19-18)10-24-7-8-25-11-16(24)17-20-12-21-22-17/h3-6,9,12,16H,7-8,10-11H2,1-2H3,(H,20,21,22). The van der Waals surface area contributed by atoms with E-state index in [0.717, 1.165) is 31.3 Å². The highest BCUT2D eigenvalue weighted by Gasteiger charge is 2.27. The number of nitrogens with one attached hydrogen (secondary N) is 1. The first-order valence-corrected chi connectivity index (χ1v) is 8.45. The molecule has 0 amide bonds. The second-order valence-corrected chi connectivity index (χ2v) is 6.48. The van der Waals surface area contributed by atoms with Crippen molar-refractivity contribution >= 4 is 16.6 Å². The van der Waals surface area contributed by atoms with E-state index in [1.807, 2.05) is 20.3 Å². The van der Waals surface area contributed by atoms with Gasteiger partial charge in [0, 0.05) is 38.8 Å². The van der Waals surface area contributed by atoms with Crippen LogP contribution >= 0.6 is 0 Å². The van der Waals surface area contributed by atoms with Crippen LogP contribution in [0, 0.1) is 0 Å². The maximum absolute atomic E-state index is 5.66. The van der Waals surface area contributed by atoms with Gasteiger partial charge in [-0.15, -0.1) is 0 Å². The number of hydrogen-bond acceptors (Lipinski definition) is 6. The van der Waals surface area contributed by atoms with Crippen LogP contribution in [0.4, 0.5) is 5.82 Å². The summed E-state index contributed by atoms with van der Waals surface area (Å²) in [4.78, 5) is 13.4. The predicted octanol–water partition coefficient (Wildman–Crippen LogP) is 1.99. The van der Waals surface area contributed by atoms with Crippen LogP contribution in [0.25, 0.3) is 10.8 Å². The predicted molar refractivity (Wildman–Crippen MR) is 96.4 cm³/mol. The maximum atomic E-state index is 5.66. The van der Waals surface area contributed by atoms with E-state index in [9.17, 15) is 0 Å². The van der Waals surface area contributed by atoms with Crippen molar-refractivity contribution in [1.82, 2.24) is 25.1 Å². The van der Waals surface area contributed by atoms with Crippen LogP contribution in [0.15, 0.2) is 36.8 Å². The van der Waals surface area contributed by atoms with E-state index in [1.165, 1.54) is 16.3 Å². The smallest absolute Gasteiger partial charge is 0.143 e. The Morgan fingerprint density at radius 3 is 2.84 bits per heavy atom. The van der Waals surface area contributed by atoms with Crippen molar-refractivity contribution in [3.05, 3.63) is 48.2 Å². The normalized spacial score (nSPS) is 18.6. The molecule has 130 valence electrons. The summed E-state index contributed by atoms with van der Waals surface area (Å²) in [5, 5.41) is 9.38. The van der Waals surface area contributed by atoms with E-state index in [1.54, 1.807) is 6.33 Å². The average Bonchev–Trinajstić information content (AvgIpc) is 3.16. The molecule has 1 N–H and O–H groups in total. The summed E-state index contributed by atoms with van der Waals surface area (Å²) >= 11 is 0. The summed E-state index contributed by atoms with van der Waals surface area (Å²) in [6.45, 7) is 3.01. The summed E-state index contributed by atoms with van der Waals surface area (Å²) in [7, 11) is 4.05. The van der Waals surface area contributed by atoms with Gasteiger partial charge in [-0.25, -0.2) is 9.97 Å². The van der Waals surface area contributed by atoms with Gasteiger partial charge in [0.25, 0.3) is 0 Å². The molecular formula is C18H22N6O. The van der Waals surface area contributed by atoms with Crippen molar-refractivity contribution in [3.63, 3.8) is 0 Å². The van der Waals surface area contributed by atoms with Crippen molar-refractivity contribution in [2.75, 3.05) is 38.8 Å². The Morgan fingerprint density at radius 1 is 1.24 bits per heavy atom. The summed E-state index contributed by atoms with van der Waals surface area (Å²) in [5.74, 6) is 1.84. The molecule has 0 radical (unpaired) electrons. The molecule has 25 heavy (non-hydrogen) atoms. The fourth-order valence-electron chi connectivity index (χ4n) is 3.39. The molecule has 1 aromatic carbocycles. The molecule has 2 aromatic heterocycles. The number of H-pyrrole nitrogens is 1. The van der Waals surface area contributed by atoms with Gasteiger partial charge in [-0.3, -0.25) is 10.00 Å². The molecule has 3 heterocycles. The van der Waals surface area contributed by atoms with Gasteiger partial charge >= 0.3 is 0 Å². The van der Waals surface area contributed by atoms with Crippen molar-refractivity contribution in [2.45, 2.75) is 12.6 Å². The summed E-state index contributed by atoms with van der Waals surface area (Å²) in [6.07, 6.45) is 3.54. The van der Waals surface area contributed by atoms with Gasteiger partial charge in [0.1, 0.15) is 18.0 Å². The largest absolute Gasteiger partial charge is 0.378 e. The number of morpholine rings is 1. The van der Waals surface area contributed by atoms with Gasteiger partial charge in [-0.2, -0.15) is 5.10 Å². The van der Waals surface area contributed by atoms with Crippen LogP contribution in [0.1, 0.15) is 17.4 Å². The average molecular weight is 338 g/mol. The lowest BCUT2D eigenvalue weighted by Crippen LogP contribution is -2.39. The summed E-state index contributed by atoms with van der Waals surface area (Å²) in [6, 6.07) is 8.53. The number of rotatable bonds is 4. The minimum atomic E-state index is 0.0866. The first-order valence-electron chi connectivity index (χ1n) is 8.45. The highest BCUT2D eigenvalue weighted by atomic mass is 16.5. The van der Waals surface area contributed by atoms with Crippen LogP contribution in [-0.2, 0) is 11.3 Å². The molecule has 1 aliphatic heterocycles. The zero-order valence-electron chi connectivity index (χ0n) is 14.5. The lowest BCUT2D eigenvalue weighted by molar-refractivity contribution is -0.0156. The Morgan fingerprint density at radius 2 is 2.08 bits per heavy atom. The van der Waals surface area contributed by atoms with E-state index >= 15 is 0 Å². The number of ether oxygens (including phenoxy) is 1. The fraction of sp³-hybridized carbons (Fsp3) is 0.389. The molecule has 1 unspecified atom stereocenters. The first kappa shape index (κ1) is 16.0. The highest BCUT2D eigenvalue weighted by molar-refractivity contribution is 5.94. The molecule has 0 aliphatic carbocycles. The minimum Gasteiger partial charge on any atom is -0.378 e. The lowest BCUT2D eigenvalue weighted by atomic mass is 10.1. The van der Waals surface area contributed by atoms with Crippen LogP contribution < -0.4 is 4.90 Å². The number of nitrogens with zero attached hydrogens (tertiary/aromatic N) is 5. The number of aromatic amines is 1. The van der Waals surface area contributed by atoms with E-state index in [0.29, 0.717) is 6.61 Å². The van der Waals surface area contributed by atoms with Crippen molar-refractivity contribution in [1.29, 1.82) is 0 Å². The lowest BCUT2D eigenvalue weighted by Gasteiger charge is -2.34. The Labute approximate surface area is 146 Å². The van der Waals surface area contributed by atoms with Crippen LogP contribution in [0.3, 0.4) is 0 Å². The SMILES string of the molecule is CN(C)c1ncc(CN2CCOCC2c2ncn[nH]2)c2ccccc12. The molecule has 1 atom stereocenters. The van der Waals surface area contributed by atoms with Crippen molar-refractivity contribution < 1.29 is 4.74 Å². The number of hydrogen-bond donors (Lipinski definition) is 1. The number of aromatic nitrogens is 4. The van der Waals surface area contributed by atoms with E-state index in [4.69, 9.17) is 9.72 Å². The quantitative estimate of drug-likeness (QED) is 0.784. The summed E-state index contributed by atoms with van der Waals surface area (Å²) in [5.41, 5.74) is 1.22. The number of anilines is 1. The number of fused-ring (bicyclic) bond motifs is 1. The Bertz CT molecular complexity index is 848. The van der Waals surface area contributed by atoms with Crippen LogP contribution in [-0.4, -0.2) is 58.9 Å². The fourth-order valence-corrected chi connectivity index (χ4v) is 3.39. The maximum Gasteiger partial charge on any atom is 0.143 e. The first-order chi connectivity index (χ1) is 12.2. The zero-order valence-corrected chi connectivity index (χ0v) is 14.5. The molecule has 1 saturated heterocycles. The second-order valence-electron chi connectivity index (χ2n) is 6.48. The minimum absolute atomic E-state index is 0.0866. The van der Waals surface area contributed by atoms with Gasteiger partial charge in [-0.1, -0.05) is 24.3 Å². The van der Waals surface area contributed by atoms with Gasteiger partial charge < -0.3 is 9.64 Å². The molecule has 1 aliphatic rings. The third-order valence-electron chi connectivity index (χ3n) is 4.64. The number of benzene rings is 1. The molecule has 1 fully saturated rings. The summed E-state index contributed by atoms with van der Waals surface area (Å²) < 4.78 is 5.66. The third-order valence-corrected chi connectivity index (χ3v) is 4.64. The molecule has 0 spiro atoms. The Balaban J connectivity index is 1.69. The molecule has 7 nitrogen and oxygen atoms in total. The zero-order chi connectivity index (χ0) is 17.2. The van der Waals surface area contributed by atoms with E-state index in [-0.39, 0.29) is 6.04 Å². The topological polar surface area (TPSA) is 70.2 Å². The monoisotopic (exact) mass is 338 g/mol. The van der Waals surface area contributed by atoms with Gasteiger partial charge in [-0.05, 0) is 10.9 Å². The highest BCUT2D eigenvalue weighted by Crippen LogP contribution is 2.29. The van der Waals surface area contributed by atoms with Crippen molar-refractivity contribution in [2.24, 2.45) is 0 Å². The molecule has 0 saturated carbocycles. The van der Waals surface area contributed by atoms with Gasteiger partial charge in [0.2, 0.25) is 0 Å². The third kappa shape index (κ3) is 3.08. The Kier molecular flexibility index (Phi) is 4.33. The van der Waals surface area contributed by atoms with Gasteiger partial charge in [0.15, 0.2) is 0 Å². The van der Waals surface area contributed by atoms with Crippen LogP contribution in [0.5, 0.6) is 0 Å². The second kappa shape index (κ2) is 6.78. The Hall–Kier alpha value is -2.51. The molecule has 3 aromatic rings. The molecular weight excluding hydrogens is 316 g/mol. The number of pyridine rings is 1. The van der Waals surface area contributed by atoms with Crippen molar-refractivity contribution in [3.8, 4) is 0 Å². The molecule has 7 heteroatoms. The van der Waals surface area contributed by atoms with E-state index in [2.05, 4.69) is 49.2 Å². The molecule has 0 bridgehead atoms. The van der Waals surface area contributed by atoms with E-state index < -0.39 is 0 Å².